The van der Waals surface area contributed by atoms with Gasteiger partial charge in [0, 0.05) is 17.0 Å². The summed E-state index contributed by atoms with van der Waals surface area (Å²) < 4.78 is 92.1. The molecule has 3 aromatic carbocycles. The van der Waals surface area contributed by atoms with Crippen LogP contribution in [0, 0.1) is 18.6 Å². The van der Waals surface area contributed by atoms with Gasteiger partial charge in [-0.3, -0.25) is 9.52 Å². The zero-order chi connectivity index (χ0) is 31.1. The molecule has 2 aromatic heterocycles. The Morgan fingerprint density at radius 3 is 2.51 bits per heavy atom. The molecular formula is C28H23F4N5O5S. The second kappa shape index (κ2) is 11.3. The number of alkyl halides is 2. The molecular weight excluding hydrogens is 594 g/mol. The number of H-pyrrole nitrogens is 1. The molecule has 0 aliphatic carbocycles. The molecule has 0 unspecified atom stereocenters. The van der Waals surface area contributed by atoms with E-state index in [0.717, 1.165) is 23.2 Å². The molecule has 43 heavy (non-hydrogen) atoms. The van der Waals surface area contributed by atoms with Gasteiger partial charge in [-0.2, -0.15) is 5.10 Å². The van der Waals surface area contributed by atoms with Crippen LogP contribution >= 0.6 is 0 Å². The maximum Gasteiger partial charge on any atom is 0.272 e. The van der Waals surface area contributed by atoms with E-state index in [1.807, 2.05) is 0 Å². The molecule has 0 atom stereocenters. The Kier molecular flexibility index (Phi) is 7.75. The normalized spacial score (nSPS) is 11.7. The van der Waals surface area contributed by atoms with Crippen molar-refractivity contribution in [3.8, 4) is 22.9 Å². The van der Waals surface area contributed by atoms with Crippen molar-refractivity contribution in [3.05, 3.63) is 89.2 Å². The monoisotopic (exact) mass is 617 g/mol. The Hall–Kier alpha value is -5.05. The third kappa shape index (κ3) is 6.25. The van der Waals surface area contributed by atoms with Gasteiger partial charge in [-0.25, -0.2) is 30.7 Å². The number of nitrogens with one attached hydrogen (secondary N) is 2. The van der Waals surface area contributed by atoms with E-state index >= 15 is 4.39 Å². The van der Waals surface area contributed by atoms with Gasteiger partial charge in [0.2, 0.25) is 15.8 Å². The number of hydrogen-bond acceptors (Lipinski definition) is 7. The number of carbonyl (C=O) groups is 1. The minimum atomic E-state index is -3.80. The Morgan fingerprint density at radius 2 is 1.84 bits per heavy atom. The number of aromatic amines is 1. The van der Waals surface area contributed by atoms with Gasteiger partial charge in [-0.15, -0.1) is 0 Å². The highest BCUT2D eigenvalue weighted by Crippen LogP contribution is 2.34. The van der Waals surface area contributed by atoms with Gasteiger partial charge < -0.3 is 20.2 Å². The van der Waals surface area contributed by atoms with Crippen LogP contribution in [0.1, 0.15) is 21.6 Å². The zero-order valence-corrected chi connectivity index (χ0v) is 23.3. The molecule has 4 N–H and O–H groups in total. The molecule has 5 rings (SSSR count). The summed E-state index contributed by atoms with van der Waals surface area (Å²) in [4.78, 5) is 16.2. The van der Waals surface area contributed by atoms with Crippen LogP contribution in [0.15, 0.2) is 60.8 Å². The quantitative estimate of drug-likeness (QED) is 0.138. The minimum absolute atomic E-state index is 0.00314. The van der Waals surface area contributed by atoms with Crippen molar-refractivity contribution in [2.45, 2.75) is 13.3 Å². The Labute approximate surface area is 242 Å². The molecule has 0 bridgehead atoms. The molecule has 0 saturated carbocycles. The summed E-state index contributed by atoms with van der Waals surface area (Å²) in [5.41, 5.74) is 6.58. The fourth-order valence-corrected chi connectivity index (χ4v) is 4.94. The number of anilines is 2. The lowest BCUT2D eigenvalue weighted by Gasteiger charge is -2.13. The predicted octanol–water partition coefficient (Wildman–Crippen LogP) is 5.56. The summed E-state index contributed by atoms with van der Waals surface area (Å²) in [6.07, 6.45) is -0.778. The Bertz CT molecular complexity index is 1950. The fourth-order valence-electron chi connectivity index (χ4n) is 4.38. The highest BCUT2D eigenvalue weighted by Gasteiger charge is 2.23. The molecule has 0 spiro atoms. The van der Waals surface area contributed by atoms with Crippen molar-refractivity contribution in [2.75, 3.05) is 23.3 Å². The van der Waals surface area contributed by atoms with Crippen LogP contribution in [-0.4, -0.2) is 48.3 Å². The molecule has 0 fully saturated rings. The second-order valence-electron chi connectivity index (χ2n) is 9.48. The summed E-state index contributed by atoms with van der Waals surface area (Å²) in [7, 11) is -3.80. The van der Waals surface area contributed by atoms with Crippen molar-refractivity contribution < 1.29 is 40.2 Å². The number of benzene rings is 3. The molecule has 2 heterocycles. The molecule has 224 valence electrons. The first kappa shape index (κ1) is 29.4. The number of aromatic nitrogens is 3. The standard InChI is InChI=1S/C28H23F4N5O5S/c1-14-7-16(42-23-6-4-3-5-18(23)29)10-19(30)26(14)37-28(33)17(12-34-37)27(38)22-8-15-9-24(41-13-25(31)32)21(11-20(15)35-22)36-43(2,39)40/h3-12,25,35-36H,13,33H2,1-2H3. The summed E-state index contributed by atoms with van der Waals surface area (Å²) in [5.74, 6) is -2.47. The van der Waals surface area contributed by atoms with Crippen LogP contribution in [0.5, 0.6) is 17.2 Å². The number of ketones is 1. The number of nitrogen functional groups attached to an aromatic ring is 1. The van der Waals surface area contributed by atoms with Crippen molar-refractivity contribution in [3.63, 3.8) is 0 Å². The smallest absolute Gasteiger partial charge is 0.272 e. The van der Waals surface area contributed by atoms with Crippen LogP contribution in [-0.2, 0) is 10.0 Å². The predicted molar refractivity (Wildman–Crippen MR) is 151 cm³/mol. The zero-order valence-electron chi connectivity index (χ0n) is 22.5. The van der Waals surface area contributed by atoms with E-state index < -0.39 is 40.5 Å². The van der Waals surface area contributed by atoms with Crippen LogP contribution in [0.25, 0.3) is 16.6 Å². The fraction of sp³-hybridized carbons (Fsp3) is 0.143. The number of sulfonamides is 1. The number of hydrogen-bond donors (Lipinski definition) is 3. The van der Waals surface area contributed by atoms with Gasteiger partial charge in [0.15, 0.2) is 17.4 Å². The molecule has 0 radical (unpaired) electrons. The van der Waals surface area contributed by atoms with E-state index in [0.29, 0.717) is 10.9 Å². The maximum absolute atomic E-state index is 15.3. The van der Waals surface area contributed by atoms with Crippen LogP contribution in [0.3, 0.4) is 0 Å². The van der Waals surface area contributed by atoms with Gasteiger partial charge in [0.05, 0.1) is 29.4 Å². The number of carbonyl (C=O) groups excluding carboxylic acids is 1. The van der Waals surface area contributed by atoms with Crippen molar-refractivity contribution in [1.29, 1.82) is 0 Å². The highest BCUT2D eigenvalue weighted by molar-refractivity contribution is 7.92. The number of aryl methyl sites for hydroxylation is 1. The molecule has 0 amide bonds. The van der Waals surface area contributed by atoms with Crippen molar-refractivity contribution >= 4 is 38.2 Å². The average Bonchev–Trinajstić information content (AvgIpc) is 3.50. The first-order valence-electron chi connectivity index (χ1n) is 12.5. The van der Waals surface area contributed by atoms with E-state index in [-0.39, 0.29) is 51.2 Å². The lowest BCUT2D eigenvalue weighted by atomic mass is 10.1. The highest BCUT2D eigenvalue weighted by atomic mass is 32.2. The Morgan fingerprint density at radius 1 is 1.09 bits per heavy atom. The van der Waals surface area contributed by atoms with Crippen LogP contribution in [0.4, 0.5) is 29.1 Å². The van der Waals surface area contributed by atoms with E-state index in [2.05, 4.69) is 14.8 Å². The molecule has 5 aromatic rings. The average molecular weight is 618 g/mol. The largest absolute Gasteiger partial charge is 0.485 e. The number of rotatable bonds is 10. The van der Waals surface area contributed by atoms with E-state index in [4.69, 9.17) is 15.2 Å². The first-order chi connectivity index (χ1) is 20.3. The third-order valence-corrected chi connectivity index (χ3v) is 6.77. The Balaban J connectivity index is 1.46. The van der Waals surface area contributed by atoms with Gasteiger partial charge in [-0.05, 0) is 48.9 Å². The topological polar surface area (TPSA) is 141 Å². The maximum atomic E-state index is 15.3. The summed E-state index contributed by atoms with van der Waals surface area (Å²) >= 11 is 0. The number of fused-ring (bicyclic) bond motifs is 1. The van der Waals surface area contributed by atoms with Gasteiger partial charge in [-0.1, -0.05) is 12.1 Å². The van der Waals surface area contributed by atoms with Gasteiger partial charge >= 0.3 is 0 Å². The number of ether oxygens (including phenoxy) is 2. The number of para-hydroxylation sites is 1. The second-order valence-corrected chi connectivity index (χ2v) is 11.2. The summed E-state index contributed by atoms with van der Waals surface area (Å²) in [6, 6.07) is 12.1. The number of halogens is 4. The van der Waals surface area contributed by atoms with Crippen LogP contribution < -0.4 is 19.9 Å². The van der Waals surface area contributed by atoms with E-state index in [9.17, 15) is 26.4 Å². The first-order valence-corrected chi connectivity index (χ1v) is 14.4. The number of nitrogens with two attached hydrogens (primary N) is 1. The molecule has 0 saturated heterocycles. The molecule has 0 aliphatic heterocycles. The lowest BCUT2D eigenvalue weighted by Crippen LogP contribution is -2.13. The minimum Gasteiger partial charge on any atom is -0.485 e. The number of nitrogens with zero attached hydrogens (tertiary/aromatic N) is 2. The van der Waals surface area contributed by atoms with Crippen LogP contribution in [0.2, 0.25) is 0 Å². The van der Waals surface area contributed by atoms with Crippen molar-refractivity contribution in [2.24, 2.45) is 0 Å². The van der Waals surface area contributed by atoms with Gasteiger partial charge in [0.25, 0.3) is 6.43 Å². The molecule has 0 aliphatic rings. The van der Waals surface area contributed by atoms with Crippen molar-refractivity contribution in [1.82, 2.24) is 14.8 Å². The lowest BCUT2D eigenvalue weighted by molar-refractivity contribution is 0.0823. The van der Waals surface area contributed by atoms with Gasteiger partial charge in [0.1, 0.15) is 29.6 Å². The summed E-state index contributed by atoms with van der Waals surface area (Å²) in [6.45, 7) is 0.574. The SMILES string of the molecule is Cc1cc(Oc2ccccc2F)cc(F)c1-n1ncc(C(=O)c2cc3cc(OCC(F)F)c(NS(C)(=O)=O)cc3[nH]2)c1N. The third-order valence-electron chi connectivity index (χ3n) is 6.18. The van der Waals surface area contributed by atoms with E-state index in [1.165, 1.54) is 42.5 Å². The molecule has 15 heteroatoms. The molecule has 10 nitrogen and oxygen atoms in total. The summed E-state index contributed by atoms with van der Waals surface area (Å²) in [5, 5.41) is 4.45. The van der Waals surface area contributed by atoms with E-state index in [1.54, 1.807) is 13.0 Å².